The van der Waals surface area contributed by atoms with E-state index in [1.54, 1.807) is 12.1 Å². The maximum atomic E-state index is 12.6. The number of ether oxygens (including phenoxy) is 2. The number of carbonyl (C=O) groups is 3. The third kappa shape index (κ3) is 3.37. The number of carbonyl (C=O) groups excluding carboxylic acids is 3. The maximum Gasteiger partial charge on any atom is 0.338 e. The molecule has 0 radical (unpaired) electrons. The smallest absolute Gasteiger partial charge is 0.338 e. The number of hydrogen-bond donors (Lipinski definition) is 0. The lowest BCUT2D eigenvalue weighted by atomic mass is 9.89. The SMILES string of the molecule is CC(=O)[C@H]1C(OC(=O)c2ccc(-c3ccccc3)cc2)CC2OC(=O)CC21. The summed E-state index contributed by atoms with van der Waals surface area (Å²) in [4.78, 5) is 36.1. The zero-order valence-electron chi connectivity index (χ0n) is 15.0. The second kappa shape index (κ2) is 6.99. The van der Waals surface area contributed by atoms with Gasteiger partial charge in [0.1, 0.15) is 18.0 Å². The topological polar surface area (TPSA) is 69.7 Å². The van der Waals surface area contributed by atoms with E-state index in [0.29, 0.717) is 12.0 Å². The van der Waals surface area contributed by atoms with Crippen LogP contribution in [0.5, 0.6) is 0 Å². The Balaban J connectivity index is 1.47. The van der Waals surface area contributed by atoms with E-state index in [0.717, 1.165) is 11.1 Å². The fourth-order valence-electron chi connectivity index (χ4n) is 4.18. The minimum absolute atomic E-state index is 0.0713. The van der Waals surface area contributed by atoms with Gasteiger partial charge in [0.2, 0.25) is 0 Å². The third-order valence-electron chi connectivity index (χ3n) is 5.44. The number of hydrogen-bond acceptors (Lipinski definition) is 5. The van der Waals surface area contributed by atoms with E-state index in [1.807, 2.05) is 42.5 Å². The van der Waals surface area contributed by atoms with E-state index in [4.69, 9.17) is 9.47 Å². The molecule has 0 spiro atoms. The van der Waals surface area contributed by atoms with E-state index in [-0.39, 0.29) is 30.2 Å². The Kier molecular flexibility index (Phi) is 4.52. The van der Waals surface area contributed by atoms with Crippen LogP contribution >= 0.6 is 0 Å². The summed E-state index contributed by atoms with van der Waals surface area (Å²) in [5, 5.41) is 0. The standard InChI is InChI=1S/C22H20O5/c1-13(23)21-17-11-20(24)26-18(17)12-19(21)27-22(25)16-9-7-15(8-10-16)14-5-3-2-4-6-14/h2-10,17-19,21H,11-12H2,1H3/t17?,18?,19?,21-/m1/s1. The Hall–Kier alpha value is -2.95. The van der Waals surface area contributed by atoms with Crippen LogP contribution in [0.15, 0.2) is 54.6 Å². The van der Waals surface area contributed by atoms with Gasteiger partial charge in [-0.2, -0.15) is 0 Å². The molecule has 0 bridgehead atoms. The van der Waals surface area contributed by atoms with Crippen molar-refractivity contribution < 1.29 is 23.9 Å². The van der Waals surface area contributed by atoms with Crippen molar-refractivity contribution in [1.82, 2.24) is 0 Å². The molecule has 0 amide bonds. The predicted molar refractivity (Wildman–Crippen MR) is 97.9 cm³/mol. The first kappa shape index (κ1) is 17.5. The highest BCUT2D eigenvalue weighted by molar-refractivity contribution is 5.91. The fraction of sp³-hybridized carbons (Fsp3) is 0.318. The Labute approximate surface area is 157 Å². The molecule has 5 nitrogen and oxygen atoms in total. The first-order valence-electron chi connectivity index (χ1n) is 9.09. The number of esters is 2. The Morgan fingerprint density at radius 2 is 1.67 bits per heavy atom. The summed E-state index contributed by atoms with van der Waals surface area (Å²) in [6.45, 7) is 1.48. The van der Waals surface area contributed by atoms with Crippen LogP contribution in [0.1, 0.15) is 30.1 Å². The summed E-state index contributed by atoms with van der Waals surface area (Å²) in [7, 11) is 0. The van der Waals surface area contributed by atoms with Crippen LogP contribution in [0, 0.1) is 11.8 Å². The van der Waals surface area contributed by atoms with Crippen molar-refractivity contribution in [3.8, 4) is 11.1 Å². The fourth-order valence-corrected chi connectivity index (χ4v) is 4.18. The van der Waals surface area contributed by atoms with Gasteiger partial charge in [0.05, 0.1) is 17.9 Å². The molecule has 1 aliphatic heterocycles. The molecule has 0 N–H and O–H groups in total. The summed E-state index contributed by atoms with van der Waals surface area (Å²) in [6.07, 6.45) is -0.278. The molecular weight excluding hydrogens is 344 g/mol. The number of rotatable bonds is 4. The van der Waals surface area contributed by atoms with Crippen molar-refractivity contribution >= 4 is 17.7 Å². The van der Waals surface area contributed by atoms with Crippen LogP contribution in [0.4, 0.5) is 0 Å². The lowest BCUT2D eigenvalue weighted by Gasteiger charge is -2.20. The van der Waals surface area contributed by atoms with Gasteiger partial charge in [0, 0.05) is 12.3 Å². The van der Waals surface area contributed by atoms with Crippen LogP contribution in [-0.4, -0.2) is 29.9 Å². The van der Waals surface area contributed by atoms with E-state index in [9.17, 15) is 14.4 Å². The molecule has 5 heteroatoms. The van der Waals surface area contributed by atoms with E-state index in [2.05, 4.69) is 0 Å². The molecule has 2 fully saturated rings. The van der Waals surface area contributed by atoms with Crippen molar-refractivity contribution in [1.29, 1.82) is 0 Å². The Morgan fingerprint density at radius 3 is 2.33 bits per heavy atom. The molecule has 3 unspecified atom stereocenters. The molecule has 138 valence electrons. The minimum atomic E-state index is -0.549. The van der Waals surface area contributed by atoms with Crippen molar-refractivity contribution in [2.75, 3.05) is 0 Å². The molecular formula is C22H20O5. The van der Waals surface area contributed by atoms with E-state index < -0.39 is 18.0 Å². The zero-order valence-corrected chi connectivity index (χ0v) is 15.0. The van der Waals surface area contributed by atoms with Gasteiger partial charge in [0.25, 0.3) is 0 Å². The molecule has 4 atom stereocenters. The van der Waals surface area contributed by atoms with Crippen LogP contribution in [0.2, 0.25) is 0 Å². The summed E-state index contributed by atoms with van der Waals surface area (Å²) in [5.41, 5.74) is 2.52. The Morgan fingerprint density at radius 1 is 1.00 bits per heavy atom. The number of ketones is 1. The molecule has 2 aromatic carbocycles. The van der Waals surface area contributed by atoms with Gasteiger partial charge in [0.15, 0.2) is 0 Å². The van der Waals surface area contributed by atoms with Crippen molar-refractivity contribution in [2.45, 2.75) is 32.0 Å². The predicted octanol–water partition coefficient (Wildman–Crippen LogP) is 3.42. The number of Topliss-reactive ketones (excluding diaryl/α,β-unsaturated/α-hetero) is 1. The lowest BCUT2D eigenvalue weighted by Crippen LogP contribution is -2.31. The lowest BCUT2D eigenvalue weighted by molar-refractivity contribution is -0.141. The average molecular weight is 364 g/mol. The van der Waals surface area contributed by atoms with Gasteiger partial charge in [-0.05, 0) is 30.2 Å². The summed E-state index contributed by atoms with van der Waals surface area (Å²) < 4.78 is 10.9. The number of fused-ring (bicyclic) bond motifs is 1. The van der Waals surface area contributed by atoms with Gasteiger partial charge in [-0.25, -0.2) is 4.79 Å². The molecule has 1 aliphatic carbocycles. The zero-order chi connectivity index (χ0) is 19.0. The van der Waals surface area contributed by atoms with Gasteiger partial charge in [-0.3, -0.25) is 9.59 Å². The summed E-state index contributed by atoms with van der Waals surface area (Å²) in [5.74, 6) is -1.48. The second-order valence-electron chi connectivity index (χ2n) is 7.16. The van der Waals surface area contributed by atoms with Crippen LogP contribution < -0.4 is 0 Å². The van der Waals surface area contributed by atoms with Gasteiger partial charge in [-0.15, -0.1) is 0 Å². The minimum Gasteiger partial charge on any atom is -0.462 e. The molecule has 1 heterocycles. The van der Waals surface area contributed by atoms with Crippen molar-refractivity contribution in [3.63, 3.8) is 0 Å². The molecule has 4 rings (SSSR count). The van der Waals surface area contributed by atoms with Gasteiger partial charge >= 0.3 is 11.9 Å². The van der Waals surface area contributed by atoms with Crippen molar-refractivity contribution in [2.24, 2.45) is 11.8 Å². The van der Waals surface area contributed by atoms with Gasteiger partial charge in [-0.1, -0.05) is 42.5 Å². The average Bonchev–Trinajstić information content (AvgIpc) is 3.17. The summed E-state index contributed by atoms with van der Waals surface area (Å²) >= 11 is 0. The van der Waals surface area contributed by atoms with Crippen LogP contribution in [-0.2, 0) is 19.1 Å². The highest BCUT2D eigenvalue weighted by Gasteiger charge is 2.53. The molecule has 1 saturated carbocycles. The van der Waals surface area contributed by atoms with Crippen LogP contribution in [0.25, 0.3) is 11.1 Å². The molecule has 27 heavy (non-hydrogen) atoms. The molecule has 2 aliphatic rings. The first-order chi connectivity index (χ1) is 13.0. The van der Waals surface area contributed by atoms with E-state index in [1.165, 1.54) is 6.92 Å². The molecule has 0 aromatic heterocycles. The molecule has 1 saturated heterocycles. The monoisotopic (exact) mass is 364 g/mol. The highest BCUT2D eigenvalue weighted by atomic mass is 16.6. The summed E-state index contributed by atoms with van der Waals surface area (Å²) in [6, 6.07) is 17.1. The number of benzene rings is 2. The highest BCUT2D eigenvalue weighted by Crippen LogP contribution is 2.43. The second-order valence-corrected chi connectivity index (χ2v) is 7.16. The quantitative estimate of drug-likeness (QED) is 0.778. The Bertz CT molecular complexity index is 871. The van der Waals surface area contributed by atoms with Crippen LogP contribution in [0.3, 0.4) is 0 Å². The third-order valence-corrected chi connectivity index (χ3v) is 5.44. The largest absolute Gasteiger partial charge is 0.462 e. The first-order valence-corrected chi connectivity index (χ1v) is 9.09. The maximum absolute atomic E-state index is 12.6. The van der Waals surface area contributed by atoms with Crippen molar-refractivity contribution in [3.05, 3.63) is 60.2 Å². The van der Waals surface area contributed by atoms with E-state index >= 15 is 0 Å². The normalized spacial score (nSPS) is 26.3. The molecule has 2 aromatic rings. The van der Waals surface area contributed by atoms with Gasteiger partial charge < -0.3 is 9.47 Å².